The fourth-order valence-corrected chi connectivity index (χ4v) is 0.654. The van der Waals surface area contributed by atoms with Crippen molar-refractivity contribution in [3.63, 3.8) is 0 Å². The van der Waals surface area contributed by atoms with Crippen LogP contribution in [-0.4, -0.2) is 15.1 Å². The van der Waals surface area contributed by atoms with E-state index in [1.807, 2.05) is 0 Å². The molecule has 0 aliphatic heterocycles. The van der Waals surface area contributed by atoms with Crippen molar-refractivity contribution in [2.75, 3.05) is 0 Å². The molecular weight excluding hydrogens is 134 g/mol. The fraction of sp³-hybridized carbons (Fsp3) is 0.200. The number of nitrogens with zero attached hydrogens (tertiary/aromatic N) is 2. The normalized spacial score (nSPS) is 9.70. The first-order valence-electron chi connectivity index (χ1n) is 2.72. The number of rotatable bonds is 2. The zero-order valence-electron chi connectivity index (χ0n) is 5.20. The van der Waals surface area contributed by atoms with E-state index in [9.17, 15) is 10.1 Å². The van der Waals surface area contributed by atoms with Gasteiger partial charge < -0.3 is 0 Å². The summed E-state index contributed by atoms with van der Waals surface area (Å²) in [6, 6.07) is 0. The van der Waals surface area contributed by atoms with Gasteiger partial charge in [-0.05, 0) is 13.3 Å². The molecule has 1 rings (SSSR count). The molecule has 0 bridgehead atoms. The van der Waals surface area contributed by atoms with Crippen LogP contribution in [0.4, 0.5) is 5.69 Å². The SMILES string of the molecule is [CH2]Cc1n[nH]cc1[N+](=O)[O-]. The van der Waals surface area contributed by atoms with Gasteiger partial charge in [0, 0.05) is 0 Å². The molecule has 1 heterocycles. The van der Waals surface area contributed by atoms with Crippen LogP contribution in [0, 0.1) is 17.0 Å². The first-order valence-corrected chi connectivity index (χ1v) is 2.72. The van der Waals surface area contributed by atoms with Gasteiger partial charge in [-0.3, -0.25) is 15.2 Å². The average Bonchev–Trinajstić information content (AvgIpc) is 2.33. The molecular formula is C5H6N3O2. The van der Waals surface area contributed by atoms with Crippen molar-refractivity contribution < 1.29 is 4.92 Å². The van der Waals surface area contributed by atoms with Gasteiger partial charge in [0.05, 0.1) is 11.1 Å². The second-order valence-corrected chi connectivity index (χ2v) is 1.72. The standard InChI is InChI=1S/C5H6N3O2/c1-2-4-5(8(9)10)3-6-7-4/h3H,1-2H2,(H,6,7). The van der Waals surface area contributed by atoms with Crippen molar-refractivity contribution in [2.24, 2.45) is 0 Å². The lowest BCUT2D eigenvalue weighted by molar-refractivity contribution is -0.385. The van der Waals surface area contributed by atoms with E-state index in [1.54, 1.807) is 0 Å². The molecule has 0 aliphatic rings. The summed E-state index contributed by atoms with van der Waals surface area (Å²) in [5.74, 6) is 0. The Labute approximate surface area is 57.2 Å². The molecule has 0 unspecified atom stereocenters. The first kappa shape index (κ1) is 6.73. The predicted octanol–water partition coefficient (Wildman–Crippen LogP) is 0.694. The number of hydrogen-bond acceptors (Lipinski definition) is 3. The van der Waals surface area contributed by atoms with Crippen molar-refractivity contribution >= 4 is 5.69 Å². The molecule has 1 radical (unpaired) electrons. The molecule has 0 aliphatic carbocycles. The summed E-state index contributed by atoms with van der Waals surface area (Å²) >= 11 is 0. The van der Waals surface area contributed by atoms with Crippen LogP contribution in [-0.2, 0) is 6.42 Å². The van der Waals surface area contributed by atoms with Crippen LogP contribution < -0.4 is 0 Å². The van der Waals surface area contributed by atoms with Crippen molar-refractivity contribution in [2.45, 2.75) is 6.42 Å². The van der Waals surface area contributed by atoms with Crippen LogP contribution in [0.25, 0.3) is 0 Å². The monoisotopic (exact) mass is 140 g/mol. The van der Waals surface area contributed by atoms with Crippen molar-refractivity contribution in [3.05, 3.63) is 28.9 Å². The smallest absolute Gasteiger partial charge is 0.278 e. The molecule has 0 aromatic carbocycles. The van der Waals surface area contributed by atoms with Crippen molar-refractivity contribution in [1.29, 1.82) is 0 Å². The molecule has 1 aromatic heterocycles. The minimum Gasteiger partial charge on any atom is -0.278 e. The number of nitrogens with one attached hydrogen (secondary N) is 1. The van der Waals surface area contributed by atoms with Crippen LogP contribution in [0.5, 0.6) is 0 Å². The minimum absolute atomic E-state index is 0.00926. The number of hydrogen-bond donors (Lipinski definition) is 1. The van der Waals surface area contributed by atoms with E-state index in [-0.39, 0.29) is 5.69 Å². The van der Waals surface area contributed by atoms with E-state index in [0.717, 1.165) is 0 Å². The summed E-state index contributed by atoms with van der Waals surface area (Å²) in [6.45, 7) is 3.48. The van der Waals surface area contributed by atoms with Crippen LogP contribution in [0.1, 0.15) is 5.69 Å². The Morgan fingerprint density at radius 1 is 1.90 bits per heavy atom. The fourth-order valence-electron chi connectivity index (χ4n) is 0.654. The van der Waals surface area contributed by atoms with Crippen LogP contribution in [0.2, 0.25) is 0 Å². The maximum absolute atomic E-state index is 10.2. The van der Waals surface area contributed by atoms with E-state index in [0.29, 0.717) is 12.1 Å². The largest absolute Gasteiger partial charge is 0.309 e. The third-order valence-electron chi connectivity index (χ3n) is 1.13. The molecule has 53 valence electrons. The maximum Gasteiger partial charge on any atom is 0.309 e. The molecule has 0 atom stereocenters. The van der Waals surface area contributed by atoms with Gasteiger partial charge in [-0.15, -0.1) is 0 Å². The van der Waals surface area contributed by atoms with Gasteiger partial charge in [0.2, 0.25) is 0 Å². The second kappa shape index (κ2) is 2.47. The molecule has 10 heavy (non-hydrogen) atoms. The molecule has 0 spiro atoms. The quantitative estimate of drug-likeness (QED) is 0.485. The van der Waals surface area contributed by atoms with Gasteiger partial charge in [0.15, 0.2) is 0 Å². The van der Waals surface area contributed by atoms with E-state index in [1.165, 1.54) is 6.20 Å². The van der Waals surface area contributed by atoms with Crippen LogP contribution in [0.15, 0.2) is 6.20 Å². The van der Waals surface area contributed by atoms with Crippen LogP contribution >= 0.6 is 0 Å². The molecule has 0 fully saturated rings. The summed E-state index contributed by atoms with van der Waals surface area (Å²) in [5, 5.41) is 16.2. The van der Waals surface area contributed by atoms with Gasteiger partial charge in [-0.25, -0.2) is 0 Å². The molecule has 0 saturated heterocycles. The van der Waals surface area contributed by atoms with Crippen molar-refractivity contribution in [3.8, 4) is 0 Å². The number of H-pyrrole nitrogens is 1. The number of nitro groups is 1. The summed E-state index contributed by atoms with van der Waals surface area (Å²) in [4.78, 5) is 9.68. The van der Waals surface area contributed by atoms with Gasteiger partial charge >= 0.3 is 5.69 Å². The minimum atomic E-state index is -0.482. The predicted molar refractivity (Wildman–Crippen MR) is 34.3 cm³/mol. The Morgan fingerprint density at radius 2 is 2.60 bits per heavy atom. The highest BCUT2D eigenvalue weighted by atomic mass is 16.6. The van der Waals surface area contributed by atoms with E-state index in [4.69, 9.17) is 0 Å². The number of aromatic nitrogens is 2. The van der Waals surface area contributed by atoms with Gasteiger partial charge in [0.25, 0.3) is 0 Å². The highest BCUT2D eigenvalue weighted by Crippen LogP contribution is 2.13. The zero-order valence-corrected chi connectivity index (χ0v) is 5.20. The van der Waals surface area contributed by atoms with E-state index in [2.05, 4.69) is 17.1 Å². The molecule has 5 heteroatoms. The second-order valence-electron chi connectivity index (χ2n) is 1.72. The molecule has 5 nitrogen and oxygen atoms in total. The van der Waals surface area contributed by atoms with Crippen LogP contribution in [0.3, 0.4) is 0 Å². The third-order valence-corrected chi connectivity index (χ3v) is 1.13. The molecule has 1 aromatic rings. The summed E-state index contributed by atoms with van der Waals surface area (Å²) in [6.07, 6.45) is 1.58. The highest BCUT2D eigenvalue weighted by Gasteiger charge is 2.13. The zero-order chi connectivity index (χ0) is 7.56. The van der Waals surface area contributed by atoms with Crippen molar-refractivity contribution in [1.82, 2.24) is 10.2 Å². The highest BCUT2D eigenvalue weighted by molar-refractivity contribution is 5.31. The van der Waals surface area contributed by atoms with E-state index < -0.39 is 4.92 Å². The lowest BCUT2D eigenvalue weighted by Gasteiger charge is -1.85. The summed E-state index contributed by atoms with van der Waals surface area (Å²) in [5.41, 5.74) is 0.403. The lowest BCUT2D eigenvalue weighted by atomic mass is 10.3. The van der Waals surface area contributed by atoms with Gasteiger partial charge in [-0.1, -0.05) is 0 Å². The first-order chi connectivity index (χ1) is 4.75. The van der Waals surface area contributed by atoms with Gasteiger partial charge in [0.1, 0.15) is 5.69 Å². The average molecular weight is 140 g/mol. The molecule has 1 N–H and O–H groups in total. The van der Waals surface area contributed by atoms with E-state index >= 15 is 0 Å². The number of aromatic amines is 1. The third kappa shape index (κ3) is 0.975. The molecule has 0 saturated carbocycles. The Hall–Kier alpha value is -1.39. The Morgan fingerprint density at radius 3 is 3.00 bits per heavy atom. The Bertz CT molecular complexity index is 243. The lowest BCUT2D eigenvalue weighted by Crippen LogP contribution is -1.90. The van der Waals surface area contributed by atoms with Gasteiger partial charge in [-0.2, -0.15) is 5.10 Å². The topological polar surface area (TPSA) is 71.8 Å². The maximum atomic E-state index is 10.2. The Kier molecular flexibility index (Phi) is 1.66. The molecule has 0 amide bonds. The Balaban J connectivity index is 3.01. The summed E-state index contributed by atoms with van der Waals surface area (Å²) in [7, 11) is 0. The summed E-state index contributed by atoms with van der Waals surface area (Å²) < 4.78 is 0.